The molecule has 0 bridgehead atoms. The highest BCUT2D eigenvalue weighted by Gasteiger charge is 2.26. The highest BCUT2D eigenvalue weighted by atomic mass is 35.5. The Kier molecular flexibility index (Phi) is 5.51. The third-order valence-corrected chi connectivity index (χ3v) is 6.61. The average Bonchev–Trinajstić information content (AvgIpc) is 3.43. The molecular formula is C24H26ClN7. The van der Waals surface area contributed by atoms with E-state index in [0.29, 0.717) is 17.6 Å². The number of nitrogens with zero attached hydrogens (tertiary/aromatic N) is 7. The summed E-state index contributed by atoms with van der Waals surface area (Å²) < 4.78 is 1.87. The van der Waals surface area contributed by atoms with Gasteiger partial charge in [0.05, 0.1) is 18.1 Å². The zero-order valence-electron chi connectivity index (χ0n) is 18.6. The van der Waals surface area contributed by atoms with Crippen LogP contribution in [0.25, 0.3) is 17.0 Å². The molecule has 4 heterocycles. The van der Waals surface area contributed by atoms with Gasteiger partial charge >= 0.3 is 0 Å². The van der Waals surface area contributed by atoms with Gasteiger partial charge in [0.25, 0.3) is 5.78 Å². The second-order valence-electron chi connectivity index (χ2n) is 8.53. The number of fused-ring (bicyclic) bond motifs is 1. The minimum atomic E-state index is 0.516. The summed E-state index contributed by atoms with van der Waals surface area (Å²) in [6.45, 7) is 8.04. The van der Waals surface area contributed by atoms with Crippen LogP contribution in [0.5, 0.6) is 0 Å². The average molecular weight is 448 g/mol. The molecule has 1 saturated heterocycles. The smallest absolute Gasteiger partial charge is 0.252 e. The molecule has 1 aromatic carbocycles. The van der Waals surface area contributed by atoms with Crippen molar-refractivity contribution in [2.45, 2.75) is 39.5 Å². The Balaban J connectivity index is 1.29. The van der Waals surface area contributed by atoms with E-state index in [0.717, 1.165) is 65.8 Å². The first-order chi connectivity index (χ1) is 15.5. The molecule has 7 nitrogen and oxygen atoms in total. The maximum Gasteiger partial charge on any atom is 0.252 e. The number of hydrogen-bond acceptors (Lipinski definition) is 6. The molecule has 0 aliphatic carbocycles. The lowest BCUT2D eigenvalue weighted by molar-refractivity contribution is 0.577. The normalized spacial score (nSPS) is 16.2. The van der Waals surface area contributed by atoms with Crippen molar-refractivity contribution in [1.82, 2.24) is 29.5 Å². The second-order valence-corrected chi connectivity index (χ2v) is 8.79. The van der Waals surface area contributed by atoms with E-state index in [2.05, 4.69) is 38.8 Å². The van der Waals surface area contributed by atoms with Gasteiger partial charge in [0.15, 0.2) is 0 Å². The summed E-state index contributed by atoms with van der Waals surface area (Å²) in [4.78, 5) is 20.8. The summed E-state index contributed by atoms with van der Waals surface area (Å²) in [6.07, 6.45) is 5.85. The molecule has 0 saturated carbocycles. The molecule has 0 unspecified atom stereocenters. The van der Waals surface area contributed by atoms with Crippen molar-refractivity contribution in [2.75, 3.05) is 18.0 Å². The van der Waals surface area contributed by atoms with E-state index in [1.807, 2.05) is 48.1 Å². The molecule has 164 valence electrons. The van der Waals surface area contributed by atoms with Gasteiger partial charge in [0, 0.05) is 35.9 Å². The molecule has 0 spiro atoms. The molecular weight excluding hydrogens is 422 g/mol. The number of aromatic nitrogens is 6. The quantitative estimate of drug-likeness (QED) is 0.424. The van der Waals surface area contributed by atoms with E-state index in [4.69, 9.17) is 16.6 Å². The van der Waals surface area contributed by atoms with Crippen molar-refractivity contribution in [3.8, 4) is 11.3 Å². The third-order valence-electron chi connectivity index (χ3n) is 6.30. The van der Waals surface area contributed by atoms with Crippen LogP contribution in [0.1, 0.15) is 34.8 Å². The lowest BCUT2D eigenvalue weighted by atomic mass is 9.96. The molecule has 3 aromatic heterocycles. The zero-order valence-corrected chi connectivity index (χ0v) is 19.3. The lowest BCUT2D eigenvalue weighted by Crippen LogP contribution is -2.22. The zero-order chi connectivity index (χ0) is 22.2. The first-order valence-electron chi connectivity index (χ1n) is 10.9. The Morgan fingerprint density at radius 2 is 1.84 bits per heavy atom. The number of rotatable bonds is 5. The molecule has 4 aromatic rings. The van der Waals surface area contributed by atoms with Gasteiger partial charge in [-0.3, -0.25) is 4.98 Å². The molecule has 0 N–H and O–H groups in total. The first kappa shape index (κ1) is 20.8. The Hall–Kier alpha value is -3.06. The first-order valence-corrected chi connectivity index (χ1v) is 11.5. The summed E-state index contributed by atoms with van der Waals surface area (Å²) in [5.41, 5.74) is 6.48. The van der Waals surface area contributed by atoms with Gasteiger partial charge in [0.1, 0.15) is 11.6 Å². The summed E-state index contributed by atoms with van der Waals surface area (Å²) in [6, 6.07) is 8.14. The van der Waals surface area contributed by atoms with Crippen molar-refractivity contribution in [3.63, 3.8) is 0 Å². The van der Waals surface area contributed by atoms with E-state index < -0.39 is 0 Å². The largest absolute Gasteiger partial charge is 0.355 e. The van der Waals surface area contributed by atoms with E-state index in [-0.39, 0.29) is 0 Å². The second kappa shape index (κ2) is 8.47. The summed E-state index contributed by atoms with van der Waals surface area (Å²) in [5, 5.41) is 4.50. The molecule has 32 heavy (non-hydrogen) atoms. The molecule has 1 aliphatic heterocycles. The maximum absolute atomic E-state index is 5.88. The van der Waals surface area contributed by atoms with Gasteiger partial charge in [-0.15, -0.1) is 11.6 Å². The summed E-state index contributed by atoms with van der Waals surface area (Å²) >= 11 is 5.88. The highest BCUT2D eigenvalue weighted by molar-refractivity contribution is 6.17. The van der Waals surface area contributed by atoms with Crippen LogP contribution >= 0.6 is 11.6 Å². The number of anilines is 1. The molecule has 0 amide bonds. The van der Waals surface area contributed by atoms with Crippen molar-refractivity contribution in [3.05, 3.63) is 65.0 Å². The van der Waals surface area contributed by atoms with Gasteiger partial charge in [-0.1, -0.05) is 24.3 Å². The molecule has 8 heteroatoms. The highest BCUT2D eigenvalue weighted by Crippen LogP contribution is 2.27. The van der Waals surface area contributed by atoms with Gasteiger partial charge in [-0.25, -0.2) is 14.5 Å². The van der Waals surface area contributed by atoms with Crippen molar-refractivity contribution in [2.24, 2.45) is 5.92 Å². The molecule has 5 rings (SSSR count). The Bertz CT molecular complexity index is 1250. The van der Waals surface area contributed by atoms with Crippen LogP contribution in [0.15, 0.2) is 36.7 Å². The van der Waals surface area contributed by atoms with E-state index in [1.54, 1.807) is 0 Å². The van der Waals surface area contributed by atoms with Gasteiger partial charge < -0.3 is 4.90 Å². The van der Waals surface area contributed by atoms with Crippen LogP contribution in [0.4, 0.5) is 5.82 Å². The fourth-order valence-electron chi connectivity index (χ4n) is 4.50. The Labute approximate surface area is 192 Å². The molecule has 1 aliphatic rings. The molecule has 0 radical (unpaired) electrons. The lowest BCUT2D eigenvalue weighted by Gasteiger charge is -2.18. The van der Waals surface area contributed by atoms with Crippen molar-refractivity contribution >= 4 is 23.2 Å². The van der Waals surface area contributed by atoms with Crippen LogP contribution < -0.4 is 4.90 Å². The summed E-state index contributed by atoms with van der Waals surface area (Å²) in [5.74, 6) is 3.43. The van der Waals surface area contributed by atoms with Crippen LogP contribution in [0.2, 0.25) is 0 Å². The Morgan fingerprint density at radius 1 is 1.03 bits per heavy atom. The third kappa shape index (κ3) is 3.93. The fraction of sp³-hybridized carbons (Fsp3) is 0.375. The number of alkyl halides is 1. The Morgan fingerprint density at radius 3 is 2.56 bits per heavy atom. The van der Waals surface area contributed by atoms with Crippen molar-refractivity contribution < 1.29 is 0 Å². The number of benzene rings is 1. The van der Waals surface area contributed by atoms with Crippen LogP contribution in [0, 0.1) is 26.7 Å². The number of halogens is 1. The standard InChI is InChI=1S/C24H26ClN7/c1-15-21(16(2)32-24(28-15)29-17(3)30-32)10-19-8-9-31(14-19)23-13-26-22(12-27-23)20-6-4-18(11-25)5-7-20/h4-7,12-13,19H,8-11,14H2,1-3H3/t19-/m0/s1. The monoisotopic (exact) mass is 447 g/mol. The van der Waals surface area contributed by atoms with E-state index in [1.165, 1.54) is 5.56 Å². The van der Waals surface area contributed by atoms with Crippen LogP contribution in [-0.2, 0) is 12.3 Å². The van der Waals surface area contributed by atoms with E-state index in [9.17, 15) is 0 Å². The van der Waals surface area contributed by atoms with Crippen LogP contribution in [0.3, 0.4) is 0 Å². The predicted octanol–water partition coefficient (Wildman–Crippen LogP) is 4.31. The van der Waals surface area contributed by atoms with Crippen LogP contribution in [-0.4, -0.2) is 42.6 Å². The maximum atomic E-state index is 5.88. The number of hydrogen-bond donors (Lipinski definition) is 0. The predicted molar refractivity (Wildman–Crippen MR) is 126 cm³/mol. The topological polar surface area (TPSA) is 72.1 Å². The number of aryl methyl sites for hydroxylation is 3. The van der Waals surface area contributed by atoms with E-state index >= 15 is 0 Å². The van der Waals surface area contributed by atoms with Gasteiger partial charge in [-0.05, 0) is 50.7 Å². The van der Waals surface area contributed by atoms with Gasteiger partial charge in [0.2, 0.25) is 0 Å². The fourth-order valence-corrected chi connectivity index (χ4v) is 4.68. The molecule has 1 atom stereocenters. The minimum Gasteiger partial charge on any atom is -0.355 e. The minimum absolute atomic E-state index is 0.516. The SMILES string of the molecule is Cc1nc2nc(C)c(C[C@@H]3CCN(c4cnc(-c5ccc(CCl)cc5)cn4)C3)c(C)n2n1. The van der Waals surface area contributed by atoms with Crippen molar-refractivity contribution in [1.29, 1.82) is 0 Å². The van der Waals surface area contributed by atoms with Gasteiger partial charge in [-0.2, -0.15) is 10.1 Å². The summed E-state index contributed by atoms with van der Waals surface area (Å²) in [7, 11) is 0. The molecule has 1 fully saturated rings.